The smallest absolute Gasteiger partial charge is 0.491 e. The first kappa shape index (κ1) is 16.4. The van der Waals surface area contributed by atoms with Gasteiger partial charge in [-0.15, -0.1) is 10.2 Å². The van der Waals surface area contributed by atoms with Gasteiger partial charge >= 0.3 is 12.1 Å². The second-order valence-electron chi connectivity index (χ2n) is 4.70. The Balaban J connectivity index is 2.00. The maximum absolute atomic E-state index is 12.4. The van der Waals surface area contributed by atoms with Gasteiger partial charge in [0.1, 0.15) is 0 Å². The third kappa shape index (κ3) is 3.42. The van der Waals surface area contributed by atoms with Gasteiger partial charge in [-0.25, -0.2) is 4.79 Å². The third-order valence-corrected chi connectivity index (χ3v) is 2.98. The lowest BCUT2D eigenvalue weighted by Crippen LogP contribution is -2.28. The molecule has 0 atom stereocenters. The zero-order valence-electron chi connectivity index (χ0n) is 12.2. The van der Waals surface area contributed by atoms with Crippen molar-refractivity contribution >= 4 is 5.97 Å². The number of aromatic nitrogens is 3. The highest BCUT2D eigenvalue weighted by Crippen LogP contribution is 2.38. The van der Waals surface area contributed by atoms with Crippen molar-refractivity contribution in [2.45, 2.75) is 6.18 Å². The van der Waals surface area contributed by atoms with Crippen molar-refractivity contribution in [2.75, 3.05) is 0 Å². The molecule has 0 saturated carbocycles. The van der Waals surface area contributed by atoms with E-state index in [1.807, 2.05) is 0 Å². The summed E-state index contributed by atoms with van der Waals surface area (Å²) in [5.74, 6) is -4.08. The van der Waals surface area contributed by atoms with E-state index in [-0.39, 0.29) is 17.3 Å². The predicted octanol–water partition coefficient (Wildman–Crippen LogP) is 2.97. The van der Waals surface area contributed by atoms with Crippen molar-refractivity contribution in [1.82, 2.24) is 15.2 Å². The molecule has 2 heterocycles. The number of para-hydroxylation sites is 1. The summed E-state index contributed by atoms with van der Waals surface area (Å²) < 4.78 is 46.9. The van der Waals surface area contributed by atoms with Gasteiger partial charge < -0.3 is 14.3 Å². The number of aromatic hydroxyl groups is 1. The van der Waals surface area contributed by atoms with Gasteiger partial charge in [0.25, 0.3) is 5.89 Å². The molecule has 1 aromatic carbocycles. The van der Waals surface area contributed by atoms with E-state index in [0.717, 1.165) is 6.07 Å². The maximum atomic E-state index is 12.4. The third-order valence-electron chi connectivity index (χ3n) is 2.98. The number of phenolic OH excluding ortho intramolecular Hbond substituents is 1. The predicted molar refractivity (Wildman–Crippen MR) is 76.3 cm³/mol. The molecule has 0 aliphatic rings. The Morgan fingerprint density at radius 2 is 1.88 bits per heavy atom. The van der Waals surface area contributed by atoms with Gasteiger partial charge in [0.2, 0.25) is 5.89 Å². The monoisotopic (exact) mass is 351 g/mol. The fourth-order valence-electron chi connectivity index (χ4n) is 1.89. The Morgan fingerprint density at radius 3 is 2.56 bits per heavy atom. The summed E-state index contributed by atoms with van der Waals surface area (Å²) in [5.41, 5.74) is 0.315. The number of pyridine rings is 1. The zero-order chi connectivity index (χ0) is 18.0. The van der Waals surface area contributed by atoms with Crippen molar-refractivity contribution < 1.29 is 32.2 Å². The largest absolute Gasteiger partial charge is 0.504 e. The topological polar surface area (TPSA) is 98.3 Å². The van der Waals surface area contributed by atoms with E-state index in [9.17, 15) is 23.1 Å². The number of ether oxygens (including phenoxy) is 1. The molecule has 128 valence electrons. The summed E-state index contributed by atoms with van der Waals surface area (Å²) in [4.78, 5) is 14.9. The molecule has 3 aromatic rings. The summed E-state index contributed by atoms with van der Waals surface area (Å²) >= 11 is 0. The van der Waals surface area contributed by atoms with Crippen molar-refractivity contribution in [3.05, 3.63) is 42.7 Å². The number of rotatable bonds is 3. The lowest BCUT2D eigenvalue weighted by atomic mass is 10.2. The lowest BCUT2D eigenvalue weighted by Gasteiger charge is -2.10. The van der Waals surface area contributed by atoms with Crippen LogP contribution >= 0.6 is 0 Å². The molecule has 0 aliphatic heterocycles. The van der Waals surface area contributed by atoms with E-state index < -0.39 is 23.6 Å². The SMILES string of the molecule is O=C(Oc1c(O)cccc1-c1nnc(-c2cccnc2)o1)C(F)(F)F. The van der Waals surface area contributed by atoms with Crippen LogP contribution in [0.5, 0.6) is 11.5 Å². The minimum absolute atomic E-state index is 0.0551. The second kappa shape index (κ2) is 6.23. The maximum Gasteiger partial charge on any atom is 0.491 e. The summed E-state index contributed by atoms with van der Waals surface area (Å²) in [6.45, 7) is 0. The van der Waals surface area contributed by atoms with Crippen LogP contribution in [-0.4, -0.2) is 32.4 Å². The molecule has 0 amide bonds. The summed E-state index contributed by atoms with van der Waals surface area (Å²) in [6, 6.07) is 6.91. The first-order valence-corrected chi connectivity index (χ1v) is 6.71. The molecule has 0 saturated heterocycles. The van der Waals surface area contributed by atoms with E-state index in [0.29, 0.717) is 5.56 Å². The van der Waals surface area contributed by atoms with E-state index >= 15 is 0 Å². The Bertz CT molecular complexity index is 910. The number of benzene rings is 1. The molecule has 0 bridgehead atoms. The van der Waals surface area contributed by atoms with Crippen LogP contribution in [0, 0.1) is 0 Å². The van der Waals surface area contributed by atoms with Crippen LogP contribution in [0.25, 0.3) is 22.9 Å². The number of nitrogens with zero attached hydrogens (tertiary/aromatic N) is 3. The first-order chi connectivity index (χ1) is 11.9. The van der Waals surface area contributed by atoms with Crippen molar-refractivity contribution in [2.24, 2.45) is 0 Å². The number of hydrogen-bond donors (Lipinski definition) is 1. The zero-order valence-corrected chi connectivity index (χ0v) is 12.2. The fraction of sp³-hybridized carbons (Fsp3) is 0.0667. The van der Waals surface area contributed by atoms with Crippen LogP contribution in [0.1, 0.15) is 0 Å². The number of esters is 1. The molecule has 2 aromatic heterocycles. The van der Waals surface area contributed by atoms with Crippen LogP contribution in [0.15, 0.2) is 47.1 Å². The summed E-state index contributed by atoms with van der Waals surface area (Å²) in [7, 11) is 0. The molecule has 10 heteroatoms. The highest BCUT2D eigenvalue weighted by molar-refractivity contribution is 5.81. The number of alkyl halides is 3. The number of halogens is 3. The van der Waals surface area contributed by atoms with Crippen LogP contribution < -0.4 is 4.74 Å². The minimum atomic E-state index is -5.23. The minimum Gasteiger partial charge on any atom is -0.504 e. The lowest BCUT2D eigenvalue weighted by molar-refractivity contribution is -0.189. The average molecular weight is 351 g/mol. The highest BCUT2D eigenvalue weighted by atomic mass is 19.4. The van der Waals surface area contributed by atoms with Crippen molar-refractivity contribution in [3.8, 4) is 34.4 Å². The Kier molecular flexibility index (Phi) is 4.09. The number of phenols is 1. The standard InChI is InChI=1S/C15H8F3N3O4/c16-15(17,18)14(23)24-11-9(4-1-5-10(11)22)13-21-20-12(25-13)8-3-2-6-19-7-8/h1-7,22H. The van der Waals surface area contributed by atoms with Gasteiger partial charge in [-0.1, -0.05) is 6.07 Å². The molecule has 0 unspecified atom stereocenters. The molecule has 0 aliphatic carbocycles. The highest BCUT2D eigenvalue weighted by Gasteiger charge is 2.42. The molecule has 0 radical (unpaired) electrons. The molecule has 3 rings (SSSR count). The van der Waals surface area contributed by atoms with Crippen LogP contribution in [0.3, 0.4) is 0 Å². The molecule has 25 heavy (non-hydrogen) atoms. The van der Waals surface area contributed by atoms with Crippen molar-refractivity contribution in [1.29, 1.82) is 0 Å². The molecule has 7 nitrogen and oxygen atoms in total. The summed E-state index contributed by atoms with van der Waals surface area (Å²) in [6.07, 6.45) is -2.25. The summed E-state index contributed by atoms with van der Waals surface area (Å²) in [5, 5.41) is 17.2. The van der Waals surface area contributed by atoms with Crippen LogP contribution in [-0.2, 0) is 4.79 Å². The van der Waals surface area contributed by atoms with Gasteiger partial charge in [0.05, 0.1) is 11.1 Å². The van der Waals surface area contributed by atoms with E-state index in [4.69, 9.17) is 4.42 Å². The molecule has 0 fully saturated rings. The van der Waals surface area contributed by atoms with Gasteiger partial charge in [0.15, 0.2) is 11.5 Å². The van der Waals surface area contributed by atoms with Crippen LogP contribution in [0.4, 0.5) is 13.2 Å². The quantitative estimate of drug-likeness (QED) is 0.572. The van der Waals surface area contributed by atoms with Crippen LogP contribution in [0.2, 0.25) is 0 Å². The van der Waals surface area contributed by atoms with Gasteiger partial charge in [-0.3, -0.25) is 4.98 Å². The van der Waals surface area contributed by atoms with Gasteiger partial charge in [-0.2, -0.15) is 13.2 Å². The molecule has 1 N–H and O–H groups in total. The number of hydrogen-bond acceptors (Lipinski definition) is 7. The number of carbonyl (C=O) groups is 1. The van der Waals surface area contributed by atoms with Crippen molar-refractivity contribution in [3.63, 3.8) is 0 Å². The molecule has 0 spiro atoms. The Hall–Kier alpha value is -3.43. The van der Waals surface area contributed by atoms with E-state index in [1.54, 1.807) is 12.1 Å². The first-order valence-electron chi connectivity index (χ1n) is 6.71. The fourth-order valence-corrected chi connectivity index (χ4v) is 1.89. The average Bonchev–Trinajstić information content (AvgIpc) is 3.06. The normalized spacial score (nSPS) is 11.3. The molecular weight excluding hydrogens is 343 g/mol. The Labute approximate surface area is 137 Å². The van der Waals surface area contributed by atoms with Gasteiger partial charge in [0, 0.05) is 12.4 Å². The molecular formula is C15H8F3N3O4. The number of carbonyl (C=O) groups excluding carboxylic acids is 1. The van der Waals surface area contributed by atoms with Gasteiger partial charge in [-0.05, 0) is 24.3 Å². The van der Waals surface area contributed by atoms with E-state index in [1.165, 1.54) is 24.5 Å². The Morgan fingerprint density at radius 1 is 1.12 bits per heavy atom. The second-order valence-corrected chi connectivity index (χ2v) is 4.70. The van der Waals surface area contributed by atoms with E-state index in [2.05, 4.69) is 19.9 Å².